The fourth-order valence-electron chi connectivity index (χ4n) is 2.32. The van der Waals surface area contributed by atoms with E-state index >= 15 is 0 Å². The van der Waals surface area contributed by atoms with Gasteiger partial charge in [-0.3, -0.25) is 4.79 Å². The molecule has 2 nitrogen and oxygen atoms in total. The average Bonchev–Trinajstić information content (AvgIpc) is 2.81. The molecule has 0 amide bonds. The molecule has 96 valence electrons. The molecular weight excluding hydrogens is 271 g/mol. The molecule has 1 N–H and O–H groups in total. The van der Waals surface area contributed by atoms with Gasteiger partial charge in [0.05, 0.1) is 5.92 Å². The highest BCUT2D eigenvalue weighted by Gasteiger charge is 2.60. The number of aliphatic carboxylic acids is 1. The Hall–Kier alpha value is -0.990. The van der Waals surface area contributed by atoms with Crippen LogP contribution in [0.3, 0.4) is 0 Å². The minimum atomic E-state index is -0.762. The number of carbonyl (C=O) groups is 1. The molecule has 0 radical (unpaired) electrons. The van der Waals surface area contributed by atoms with Crippen LogP contribution in [0, 0.1) is 17.3 Å². The Morgan fingerprint density at radius 2 is 1.89 bits per heavy atom. The molecule has 1 aromatic rings. The van der Waals surface area contributed by atoms with E-state index in [9.17, 15) is 4.79 Å². The predicted octanol–water partition coefficient (Wildman–Crippen LogP) is 4.28. The van der Waals surface area contributed by atoms with Crippen LogP contribution in [-0.4, -0.2) is 11.1 Å². The van der Waals surface area contributed by atoms with Crippen molar-refractivity contribution in [2.24, 2.45) is 17.3 Å². The third-order valence-electron chi connectivity index (χ3n) is 3.62. The summed E-state index contributed by atoms with van der Waals surface area (Å²) in [6.07, 6.45) is 1.84. The Balaban J connectivity index is 2.20. The average molecular weight is 285 g/mol. The van der Waals surface area contributed by atoms with Crippen molar-refractivity contribution in [3.8, 4) is 0 Å². The van der Waals surface area contributed by atoms with Gasteiger partial charge in [0.15, 0.2) is 0 Å². The number of rotatable bonds is 3. The molecule has 1 aliphatic carbocycles. The van der Waals surface area contributed by atoms with Gasteiger partial charge in [-0.1, -0.05) is 55.3 Å². The first-order valence-electron chi connectivity index (χ1n) is 5.70. The first-order valence-corrected chi connectivity index (χ1v) is 6.45. The third kappa shape index (κ3) is 2.40. The topological polar surface area (TPSA) is 37.3 Å². The van der Waals surface area contributed by atoms with Crippen molar-refractivity contribution >= 4 is 34.2 Å². The highest BCUT2D eigenvalue weighted by atomic mass is 35.5. The van der Waals surface area contributed by atoms with Crippen molar-refractivity contribution in [1.29, 1.82) is 0 Å². The zero-order valence-electron chi connectivity index (χ0n) is 10.2. The van der Waals surface area contributed by atoms with Crippen LogP contribution in [0.1, 0.15) is 19.4 Å². The summed E-state index contributed by atoms with van der Waals surface area (Å²) >= 11 is 12.0. The lowest BCUT2D eigenvalue weighted by atomic mass is 10.1. The first kappa shape index (κ1) is 13.4. The zero-order chi connectivity index (χ0) is 13.5. The van der Waals surface area contributed by atoms with Crippen LogP contribution in [0.25, 0.3) is 5.03 Å². The molecule has 0 aromatic heterocycles. The molecule has 0 bridgehead atoms. The minimum Gasteiger partial charge on any atom is -0.481 e. The fraction of sp³-hybridized carbons (Fsp3) is 0.357. The number of benzene rings is 1. The van der Waals surface area contributed by atoms with E-state index in [0.29, 0.717) is 10.1 Å². The SMILES string of the molecule is CC1(C)C(C=C(Cl)c2ccc(Cl)cc2)C1C(=O)O. The van der Waals surface area contributed by atoms with E-state index in [1.54, 1.807) is 12.1 Å². The van der Waals surface area contributed by atoms with E-state index < -0.39 is 5.97 Å². The molecule has 4 heteroatoms. The quantitative estimate of drug-likeness (QED) is 0.900. The van der Waals surface area contributed by atoms with Crippen molar-refractivity contribution in [3.05, 3.63) is 40.9 Å². The maximum atomic E-state index is 11.1. The predicted molar refractivity (Wildman–Crippen MR) is 73.7 cm³/mol. The Kier molecular flexibility index (Phi) is 3.43. The van der Waals surface area contributed by atoms with Gasteiger partial charge >= 0.3 is 5.97 Å². The van der Waals surface area contributed by atoms with Crippen LogP contribution in [0.15, 0.2) is 30.3 Å². The van der Waals surface area contributed by atoms with Gasteiger partial charge in [0.2, 0.25) is 0 Å². The highest BCUT2D eigenvalue weighted by molar-refractivity contribution is 6.48. The van der Waals surface area contributed by atoms with Crippen molar-refractivity contribution in [2.45, 2.75) is 13.8 Å². The van der Waals surface area contributed by atoms with Gasteiger partial charge in [0, 0.05) is 10.1 Å². The standard InChI is InChI=1S/C14H14Cl2O2/c1-14(2)10(12(14)13(17)18)7-11(16)8-3-5-9(15)6-4-8/h3-7,10,12H,1-2H3,(H,17,18). The van der Waals surface area contributed by atoms with Crippen LogP contribution in [0.5, 0.6) is 0 Å². The number of carboxylic acids is 1. The van der Waals surface area contributed by atoms with Crippen molar-refractivity contribution < 1.29 is 9.90 Å². The largest absolute Gasteiger partial charge is 0.481 e. The lowest BCUT2D eigenvalue weighted by Crippen LogP contribution is -2.03. The van der Waals surface area contributed by atoms with Gasteiger partial charge < -0.3 is 5.11 Å². The molecule has 2 rings (SSSR count). The summed E-state index contributed by atoms with van der Waals surface area (Å²) in [5.74, 6) is -1.13. The normalized spacial score (nSPS) is 25.9. The zero-order valence-corrected chi connectivity index (χ0v) is 11.7. The van der Waals surface area contributed by atoms with E-state index in [4.69, 9.17) is 28.3 Å². The smallest absolute Gasteiger partial charge is 0.307 e. The van der Waals surface area contributed by atoms with E-state index in [0.717, 1.165) is 5.56 Å². The second-order valence-electron chi connectivity index (χ2n) is 5.18. The molecule has 0 heterocycles. The van der Waals surface area contributed by atoms with Gasteiger partial charge in [-0.15, -0.1) is 0 Å². The summed E-state index contributed by atoms with van der Waals surface area (Å²) in [6, 6.07) is 7.18. The summed E-state index contributed by atoms with van der Waals surface area (Å²) < 4.78 is 0. The lowest BCUT2D eigenvalue weighted by Gasteiger charge is -2.01. The van der Waals surface area contributed by atoms with Gasteiger partial charge in [-0.05, 0) is 29.0 Å². The van der Waals surface area contributed by atoms with Gasteiger partial charge in [-0.25, -0.2) is 0 Å². The maximum absolute atomic E-state index is 11.1. The molecule has 1 saturated carbocycles. The third-order valence-corrected chi connectivity index (χ3v) is 4.22. The molecule has 2 unspecified atom stereocenters. The fourth-order valence-corrected chi connectivity index (χ4v) is 2.71. The van der Waals surface area contributed by atoms with E-state index in [-0.39, 0.29) is 17.3 Å². The van der Waals surface area contributed by atoms with Crippen molar-refractivity contribution in [3.63, 3.8) is 0 Å². The van der Waals surface area contributed by atoms with E-state index in [2.05, 4.69) is 0 Å². The Morgan fingerprint density at radius 3 is 2.33 bits per heavy atom. The monoisotopic (exact) mass is 284 g/mol. The van der Waals surface area contributed by atoms with E-state index in [1.165, 1.54) is 0 Å². The number of hydrogen-bond acceptors (Lipinski definition) is 1. The molecular formula is C14H14Cl2O2. The lowest BCUT2D eigenvalue weighted by molar-refractivity contribution is -0.139. The molecule has 18 heavy (non-hydrogen) atoms. The number of hydrogen-bond donors (Lipinski definition) is 1. The van der Waals surface area contributed by atoms with Crippen LogP contribution in [0.2, 0.25) is 5.02 Å². The number of halogens is 2. The molecule has 0 aliphatic heterocycles. The highest BCUT2D eigenvalue weighted by Crippen LogP contribution is 2.59. The minimum absolute atomic E-state index is 0.0156. The van der Waals surface area contributed by atoms with Gasteiger partial charge in [0.1, 0.15) is 0 Å². The van der Waals surface area contributed by atoms with Crippen LogP contribution in [-0.2, 0) is 4.79 Å². The first-order chi connectivity index (χ1) is 8.34. The second kappa shape index (κ2) is 4.60. The summed E-state index contributed by atoms with van der Waals surface area (Å²) in [4.78, 5) is 11.1. The summed E-state index contributed by atoms with van der Waals surface area (Å²) in [5, 5.41) is 10.3. The van der Waals surface area contributed by atoms with Crippen molar-refractivity contribution in [1.82, 2.24) is 0 Å². The van der Waals surface area contributed by atoms with Crippen LogP contribution >= 0.6 is 23.2 Å². The molecule has 0 spiro atoms. The van der Waals surface area contributed by atoms with E-state index in [1.807, 2.05) is 32.1 Å². The maximum Gasteiger partial charge on any atom is 0.307 e. The molecule has 1 aromatic carbocycles. The van der Waals surface area contributed by atoms with Crippen molar-refractivity contribution in [2.75, 3.05) is 0 Å². The number of allylic oxidation sites excluding steroid dienone is 1. The summed E-state index contributed by atoms with van der Waals surface area (Å²) in [6.45, 7) is 3.89. The molecule has 1 fully saturated rings. The van der Waals surface area contributed by atoms with Crippen LogP contribution < -0.4 is 0 Å². The molecule has 2 atom stereocenters. The number of carboxylic acid groups (broad SMARTS) is 1. The van der Waals surface area contributed by atoms with Gasteiger partial charge in [0.25, 0.3) is 0 Å². The molecule has 1 aliphatic rings. The Bertz CT molecular complexity index is 503. The summed E-state index contributed by atoms with van der Waals surface area (Å²) in [5.41, 5.74) is 0.631. The van der Waals surface area contributed by atoms with Gasteiger partial charge in [-0.2, -0.15) is 0 Å². The molecule has 0 saturated heterocycles. The van der Waals surface area contributed by atoms with Crippen LogP contribution in [0.4, 0.5) is 0 Å². The Labute approximate surface area is 116 Å². The summed E-state index contributed by atoms with van der Waals surface area (Å²) in [7, 11) is 0. The Morgan fingerprint density at radius 1 is 1.33 bits per heavy atom. The second-order valence-corrected chi connectivity index (χ2v) is 6.03.